The maximum absolute atomic E-state index is 10.3. The third kappa shape index (κ3) is 5.18. The Labute approximate surface area is 95.3 Å². The molecule has 1 aliphatic heterocycles. The second-order valence-electron chi connectivity index (χ2n) is 3.20. The third-order valence-electron chi connectivity index (χ3n) is 1.76. The second kappa shape index (κ2) is 7.49. The summed E-state index contributed by atoms with van der Waals surface area (Å²) in [5.41, 5.74) is 0. The lowest BCUT2D eigenvalue weighted by molar-refractivity contribution is -0.140. The van der Waals surface area contributed by atoms with E-state index in [2.05, 4.69) is 20.9 Å². The molecule has 7 heteroatoms. The summed E-state index contributed by atoms with van der Waals surface area (Å²) in [5, 5.41) is 7.69. The summed E-state index contributed by atoms with van der Waals surface area (Å²) in [6.07, 6.45) is 0. The summed E-state index contributed by atoms with van der Waals surface area (Å²) in [6.45, 7) is 1.09. The lowest BCUT2D eigenvalue weighted by Crippen LogP contribution is -2.49. The van der Waals surface area contributed by atoms with E-state index in [0.29, 0.717) is 13.1 Å². The summed E-state index contributed by atoms with van der Waals surface area (Å²) in [7, 11) is 7.49. The topological polar surface area (TPSA) is 85.8 Å². The van der Waals surface area contributed by atoms with E-state index < -0.39 is 11.8 Å². The predicted molar refractivity (Wildman–Crippen MR) is 62.1 cm³/mol. The van der Waals surface area contributed by atoms with Gasteiger partial charge in [0.25, 0.3) is 0 Å². The van der Waals surface area contributed by atoms with Gasteiger partial charge in [-0.05, 0) is 0 Å². The zero-order valence-corrected chi connectivity index (χ0v) is 10.1. The molecule has 7 nitrogen and oxygen atoms in total. The first-order valence-electron chi connectivity index (χ1n) is 4.90. The van der Waals surface area contributed by atoms with Crippen molar-refractivity contribution in [1.29, 1.82) is 0 Å². The Balaban J connectivity index is 0.000000281. The standard InChI is InChI=1S/C5H13N3.C4H6N2O2/c1-6-5(7-2)8(3)4;7-3-4(8)6-2-1-5-3/h1-4H3,(H,6,7);1-2H2,(H,5,7)(H,6,8). The Morgan fingerprint density at radius 1 is 1.25 bits per heavy atom. The molecule has 1 aliphatic rings. The minimum Gasteiger partial charge on any atom is -0.359 e. The number of rotatable bonds is 0. The van der Waals surface area contributed by atoms with Gasteiger partial charge in [0, 0.05) is 41.3 Å². The number of guanidine groups is 1. The Hall–Kier alpha value is -1.79. The van der Waals surface area contributed by atoms with E-state index in [-0.39, 0.29) is 0 Å². The van der Waals surface area contributed by atoms with Gasteiger partial charge in [-0.25, -0.2) is 0 Å². The molecule has 1 heterocycles. The highest BCUT2D eigenvalue weighted by Crippen LogP contribution is 1.74. The van der Waals surface area contributed by atoms with Gasteiger partial charge >= 0.3 is 11.8 Å². The van der Waals surface area contributed by atoms with E-state index in [1.807, 2.05) is 26.0 Å². The van der Waals surface area contributed by atoms with E-state index in [9.17, 15) is 9.59 Å². The molecular weight excluding hydrogens is 210 g/mol. The highest BCUT2D eigenvalue weighted by molar-refractivity contribution is 6.35. The van der Waals surface area contributed by atoms with Crippen LogP contribution in [0.1, 0.15) is 0 Å². The van der Waals surface area contributed by atoms with Crippen LogP contribution in [0.4, 0.5) is 0 Å². The van der Waals surface area contributed by atoms with E-state index in [1.54, 1.807) is 7.05 Å². The monoisotopic (exact) mass is 229 g/mol. The van der Waals surface area contributed by atoms with E-state index in [1.165, 1.54) is 0 Å². The molecule has 0 saturated carbocycles. The van der Waals surface area contributed by atoms with Crippen molar-refractivity contribution in [1.82, 2.24) is 20.9 Å². The highest BCUT2D eigenvalue weighted by atomic mass is 16.2. The van der Waals surface area contributed by atoms with Crippen LogP contribution in [0.5, 0.6) is 0 Å². The van der Waals surface area contributed by atoms with Gasteiger partial charge in [0.05, 0.1) is 0 Å². The summed E-state index contributed by atoms with van der Waals surface area (Å²) in [6, 6.07) is 0. The van der Waals surface area contributed by atoms with Crippen LogP contribution in [0, 0.1) is 0 Å². The van der Waals surface area contributed by atoms with Crippen LogP contribution in [0.2, 0.25) is 0 Å². The van der Waals surface area contributed by atoms with Crippen molar-refractivity contribution < 1.29 is 9.59 Å². The maximum Gasteiger partial charge on any atom is 0.309 e. The van der Waals surface area contributed by atoms with Crippen LogP contribution in [-0.4, -0.2) is 64.0 Å². The molecule has 92 valence electrons. The zero-order valence-electron chi connectivity index (χ0n) is 10.1. The van der Waals surface area contributed by atoms with Gasteiger partial charge < -0.3 is 20.9 Å². The lowest BCUT2D eigenvalue weighted by atomic mass is 10.4. The predicted octanol–water partition coefficient (Wildman–Crippen LogP) is -2.01. The number of piperazine rings is 1. The van der Waals surface area contributed by atoms with Crippen molar-refractivity contribution in [2.24, 2.45) is 4.99 Å². The minimum absolute atomic E-state index is 0.531. The molecule has 2 amide bonds. The zero-order chi connectivity index (χ0) is 12.6. The van der Waals surface area contributed by atoms with Crippen LogP contribution < -0.4 is 16.0 Å². The number of hydrogen-bond acceptors (Lipinski definition) is 3. The molecule has 1 saturated heterocycles. The second-order valence-corrected chi connectivity index (χ2v) is 3.20. The summed E-state index contributed by atoms with van der Waals surface area (Å²) in [4.78, 5) is 26.4. The van der Waals surface area contributed by atoms with Crippen LogP contribution in [0.25, 0.3) is 0 Å². The quantitative estimate of drug-likeness (QED) is 0.254. The lowest BCUT2D eigenvalue weighted by Gasteiger charge is -2.12. The molecule has 0 atom stereocenters. The first kappa shape index (κ1) is 14.2. The number of aliphatic imine (C=N–C) groups is 1. The molecule has 1 rings (SSSR count). The summed E-state index contributed by atoms with van der Waals surface area (Å²) < 4.78 is 0. The molecule has 0 bridgehead atoms. The molecule has 0 spiro atoms. The number of nitrogens with zero attached hydrogens (tertiary/aromatic N) is 2. The SMILES string of the molecule is CN=C(NC)N(C)C.O=C1NCCNC1=O. The van der Waals surface area contributed by atoms with Gasteiger partial charge in [-0.3, -0.25) is 14.6 Å². The largest absolute Gasteiger partial charge is 0.359 e. The Bertz CT molecular complexity index is 259. The van der Waals surface area contributed by atoms with E-state index in [0.717, 1.165) is 5.96 Å². The van der Waals surface area contributed by atoms with Gasteiger partial charge in [-0.1, -0.05) is 0 Å². The number of nitrogens with one attached hydrogen (secondary N) is 3. The minimum atomic E-state index is -0.531. The van der Waals surface area contributed by atoms with Crippen LogP contribution in [-0.2, 0) is 9.59 Å². The maximum atomic E-state index is 10.3. The molecule has 0 aliphatic carbocycles. The number of carbonyl (C=O) groups is 2. The van der Waals surface area contributed by atoms with Crippen molar-refractivity contribution >= 4 is 17.8 Å². The molecule has 0 unspecified atom stereocenters. The fourth-order valence-corrected chi connectivity index (χ4v) is 1.05. The van der Waals surface area contributed by atoms with Gasteiger partial charge in [0.15, 0.2) is 5.96 Å². The first-order chi connectivity index (χ1) is 7.52. The molecular formula is C9H19N5O2. The fourth-order valence-electron chi connectivity index (χ4n) is 1.05. The smallest absolute Gasteiger partial charge is 0.309 e. The van der Waals surface area contributed by atoms with Crippen molar-refractivity contribution in [3.05, 3.63) is 0 Å². The molecule has 16 heavy (non-hydrogen) atoms. The highest BCUT2D eigenvalue weighted by Gasteiger charge is 2.15. The Morgan fingerprint density at radius 3 is 1.81 bits per heavy atom. The normalized spacial score (nSPS) is 15.4. The van der Waals surface area contributed by atoms with Crippen molar-refractivity contribution in [3.8, 4) is 0 Å². The molecule has 0 aromatic carbocycles. The average Bonchev–Trinajstić information content (AvgIpc) is 2.25. The Kier molecular flexibility index (Phi) is 6.66. The number of carbonyl (C=O) groups excluding carboxylic acids is 2. The number of hydrogen-bond donors (Lipinski definition) is 3. The van der Waals surface area contributed by atoms with Crippen LogP contribution in [0.15, 0.2) is 4.99 Å². The molecule has 0 aromatic rings. The average molecular weight is 229 g/mol. The van der Waals surface area contributed by atoms with Crippen LogP contribution >= 0.6 is 0 Å². The van der Waals surface area contributed by atoms with E-state index in [4.69, 9.17) is 0 Å². The van der Waals surface area contributed by atoms with Gasteiger partial charge in [-0.2, -0.15) is 0 Å². The molecule has 1 fully saturated rings. The fraction of sp³-hybridized carbons (Fsp3) is 0.667. The van der Waals surface area contributed by atoms with Crippen molar-refractivity contribution in [2.75, 3.05) is 41.3 Å². The summed E-state index contributed by atoms with van der Waals surface area (Å²) >= 11 is 0. The van der Waals surface area contributed by atoms with Crippen molar-refractivity contribution in [2.45, 2.75) is 0 Å². The molecule has 0 aromatic heterocycles. The molecule has 0 radical (unpaired) electrons. The van der Waals surface area contributed by atoms with E-state index >= 15 is 0 Å². The number of amides is 2. The first-order valence-corrected chi connectivity index (χ1v) is 4.90. The van der Waals surface area contributed by atoms with Crippen LogP contribution in [0.3, 0.4) is 0 Å². The van der Waals surface area contributed by atoms with Crippen molar-refractivity contribution in [3.63, 3.8) is 0 Å². The van der Waals surface area contributed by atoms with Gasteiger partial charge in [-0.15, -0.1) is 0 Å². The third-order valence-corrected chi connectivity index (χ3v) is 1.76. The van der Waals surface area contributed by atoms with Gasteiger partial charge in [0.2, 0.25) is 0 Å². The van der Waals surface area contributed by atoms with Gasteiger partial charge in [0.1, 0.15) is 0 Å². The summed E-state index contributed by atoms with van der Waals surface area (Å²) in [5.74, 6) is -0.169. The Morgan fingerprint density at radius 2 is 1.69 bits per heavy atom. The molecule has 3 N–H and O–H groups in total.